The average Bonchev–Trinajstić information content (AvgIpc) is 2.40. The van der Waals surface area contributed by atoms with Crippen molar-refractivity contribution in [2.24, 2.45) is 0 Å². The molecule has 3 nitrogen and oxygen atoms in total. The van der Waals surface area contributed by atoms with E-state index in [1.807, 2.05) is 0 Å². The van der Waals surface area contributed by atoms with E-state index in [9.17, 15) is 0 Å². The van der Waals surface area contributed by atoms with Crippen LogP contribution in [-0.2, 0) is 22.6 Å². The molecule has 102 valence electrons. The van der Waals surface area contributed by atoms with Crippen LogP contribution in [0.1, 0.15) is 30.9 Å². The number of rotatable bonds is 10. The van der Waals surface area contributed by atoms with E-state index < -0.39 is 0 Å². The van der Waals surface area contributed by atoms with Crippen LogP contribution in [0.3, 0.4) is 0 Å². The van der Waals surface area contributed by atoms with Crippen molar-refractivity contribution in [2.45, 2.75) is 32.9 Å². The number of benzene rings is 1. The molecule has 0 saturated carbocycles. The van der Waals surface area contributed by atoms with Crippen molar-refractivity contribution in [3.05, 3.63) is 35.4 Å². The molecule has 0 fully saturated rings. The van der Waals surface area contributed by atoms with Gasteiger partial charge >= 0.3 is 0 Å². The van der Waals surface area contributed by atoms with Crippen molar-refractivity contribution in [3.63, 3.8) is 0 Å². The summed E-state index contributed by atoms with van der Waals surface area (Å²) >= 11 is 0. The van der Waals surface area contributed by atoms with Crippen molar-refractivity contribution in [1.82, 2.24) is 5.32 Å². The molecule has 0 aliphatic rings. The first-order valence-corrected chi connectivity index (χ1v) is 6.72. The molecule has 1 aromatic rings. The van der Waals surface area contributed by atoms with Crippen LogP contribution < -0.4 is 5.32 Å². The number of ether oxygens (including phenoxy) is 2. The maximum atomic E-state index is 5.42. The van der Waals surface area contributed by atoms with Gasteiger partial charge in [0.15, 0.2) is 0 Å². The quantitative estimate of drug-likeness (QED) is 0.649. The summed E-state index contributed by atoms with van der Waals surface area (Å²) in [6.07, 6.45) is 2.17. The number of methoxy groups -OCH3 is 1. The van der Waals surface area contributed by atoms with Crippen molar-refractivity contribution < 1.29 is 9.47 Å². The second kappa shape index (κ2) is 10.1. The number of hydrogen-bond donors (Lipinski definition) is 1. The molecule has 1 aromatic carbocycles. The molecular weight excluding hydrogens is 226 g/mol. The Bertz CT molecular complexity index is 298. The Morgan fingerprint density at radius 2 is 1.78 bits per heavy atom. The molecule has 0 heterocycles. The number of nitrogens with one attached hydrogen (secondary N) is 1. The van der Waals surface area contributed by atoms with E-state index in [4.69, 9.17) is 9.47 Å². The van der Waals surface area contributed by atoms with Crippen LogP contribution >= 0.6 is 0 Å². The summed E-state index contributed by atoms with van der Waals surface area (Å²) in [5.41, 5.74) is 2.53. The molecule has 0 aliphatic heterocycles. The molecule has 0 aromatic heterocycles. The molecule has 0 radical (unpaired) electrons. The van der Waals surface area contributed by atoms with Gasteiger partial charge in [-0.05, 0) is 30.5 Å². The minimum absolute atomic E-state index is 0.683. The molecule has 0 aliphatic carbocycles. The Morgan fingerprint density at radius 3 is 2.44 bits per heavy atom. The molecule has 18 heavy (non-hydrogen) atoms. The molecule has 1 N–H and O–H groups in total. The molecule has 0 bridgehead atoms. The van der Waals surface area contributed by atoms with Crippen molar-refractivity contribution in [2.75, 3.05) is 26.9 Å². The summed E-state index contributed by atoms with van der Waals surface area (Å²) in [6, 6.07) is 8.53. The van der Waals surface area contributed by atoms with Crippen LogP contribution in [0, 0.1) is 0 Å². The molecule has 0 spiro atoms. The van der Waals surface area contributed by atoms with Gasteiger partial charge in [-0.3, -0.25) is 0 Å². The molecule has 0 unspecified atom stereocenters. The topological polar surface area (TPSA) is 30.5 Å². The zero-order valence-electron chi connectivity index (χ0n) is 11.6. The molecular formula is C15H25NO2. The molecule has 0 amide bonds. The van der Waals surface area contributed by atoms with Crippen LogP contribution in [-0.4, -0.2) is 26.9 Å². The van der Waals surface area contributed by atoms with Crippen LogP contribution in [0.2, 0.25) is 0 Å². The minimum Gasteiger partial charge on any atom is -0.381 e. The summed E-state index contributed by atoms with van der Waals surface area (Å²) < 4.78 is 10.5. The minimum atomic E-state index is 0.683. The largest absolute Gasteiger partial charge is 0.381 e. The summed E-state index contributed by atoms with van der Waals surface area (Å²) in [7, 11) is 1.72. The van der Waals surface area contributed by atoms with Gasteiger partial charge in [0.2, 0.25) is 0 Å². The fourth-order valence-corrected chi connectivity index (χ4v) is 1.70. The second-order valence-electron chi connectivity index (χ2n) is 4.39. The van der Waals surface area contributed by atoms with Gasteiger partial charge in [0.25, 0.3) is 0 Å². The average molecular weight is 251 g/mol. The fourth-order valence-electron chi connectivity index (χ4n) is 1.70. The van der Waals surface area contributed by atoms with Crippen LogP contribution in [0.15, 0.2) is 24.3 Å². The lowest BCUT2D eigenvalue weighted by Crippen LogP contribution is -2.16. The maximum Gasteiger partial charge on any atom is 0.0713 e. The van der Waals surface area contributed by atoms with Crippen molar-refractivity contribution in [3.8, 4) is 0 Å². The highest BCUT2D eigenvalue weighted by atomic mass is 16.5. The van der Waals surface area contributed by atoms with Gasteiger partial charge in [-0.2, -0.15) is 0 Å². The lowest BCUT2D eigenvalue weighted by molar-refractivity contribution is 0.132. The Balaban J connectivity index is 2.08. The highest BCUT2D eigenvalue weighted by molar-refractivity contribution is 5.21. The maximum absolute atomic E-state index is 5.42. The predicted molar refractivity (Wildman–Crippen MR) is 74.6 cm³/mol. The van der Waals surface area contributed by atoms with Gasteiger partial charge in [-0.25, -0.2) is 0 Å². The lowest BCUT2D eigenvalue weighted by atomic mass is 10.1. The highest BCUT2D eigenvalue weighted by Gasteiger charge is 1.95. The normalized spacial score (nSPS) is 10.8. The van der Waals surface area contributed by atoms with E-state index in [1.54, 1.807) is 7.11 Å². The van der Waals surface area contributed by atoms with E-state index in [-0.39, 0.29) is 0 Å². The SMILES string of the molecule is CCCOCCCNCc1ccc(COC)cc1. The summed E-state index contributed by atoms with van der Waals surface area (Å²) in [4.78, 5) is 0. The van der Waals surface area contributed by atoms with E-state index in [0.29, 0.717) is 6.61 Å². The van der Waals surface area contributed by atoms with E-state index >= 15 is 0 Å². The van der Waals surface area contributed by atoms with Gasteiger partial charge < -0.3 is 14.8 Å². The van der Waals surface area contributed by atoms with E-state index in [1.165, 1.54) is 11.1 Å². The van der Waals surface area contributed by atoms with Crippen LogP contribution in [0.25, 0.3) is 0 Å². The van der Waals surface area contributed by atoms with Gasteiger partial charge in [0, 0.05) is 26.9 Å². The third-order valence-corrected chi connectivity index (χ3v) is 2.65. The lowest BCUT2D eigenvalue weighted by Gasteiger charge is -2.06. The van der Waals surface area contributed by atoms with Gasteiger partial charge in [0.05, 0.1) is 6.61 Å². The zero-order chi connectivity index (χ0) is 13.1. The summed E-state index contributed by atoms with van der Waals surface area (Å²) in [5.74, 6) is 0. The fraction of sp³-hybridized carbons (Fsp3) is 0.600. The Labute approximate surface area is 110 Å². The third-order valence-electron chi connectivity index (χ3n) is 2.65. The highest BCUT2D eigenvalue weighted by Crippen LogP contribution is 2.05. The molecule has 1 rings (SSSR count). The van der Waals surface area contributed by atoms with Gasteiger partial charge in [0.1, 0.15) is 0 Å². The summed E-state index contributed by atoms with van der Waals surface area (Å²) in [5, 5.41) is 3.42. The van der Waals surface area contributed by atoms with Gasteiger partial charge in [-0.15, -0.1) is 0 Å². The first-order chi connectivity index (χ1) is 8.86. The third kappa shape index (κ3) is 6.74. The smallest absolute Gasteiger partial charge is 0.0713 e. The first-order valence-electron chi connectivity index (χ1n) is 6.72. The number of hydrogen-bond acceptors (Lipinski definition) is 3. The summed E-state index contributed by atoms with van der Waals surface area (Å²) in [6.45, 7) is 6.47. The van der Waals surface area contributed by atoms with Gasteiger partial charge in [-0.1, -0.05) is 31.2 Å². The van der Waals surface area contributed by atoms with E-state index in [0.717, 1.165) is 39.1 Å². The van der Waals surface area contributed by atoms with E-state index in [2.05, 4.69) is 36.5 Å². The Kier molecular flexibility index (Phi) is 8.47. The molecule has 0 saturated heterocycles. The second-order valence-corrected chi connectivity index (χ2v) is 4.39. The van der Waals surface area contributed by atoms with Crippen LogP contribution in [0.5, 0.6) is 0 Å². The Hall–Kier alpha value is -0.900. The standard InChI is InChI=1S/C15H25NO2/c1-3-10-18-11-4-9-16-12-14-5-7-15(8-6-14)13-17-2/h5-8,16H,3-4,9-13H2,1-2H3. The van der Waals surface area contributed by atoms with Crippen molar-refractivity contribution >= 4 is 0 Å². The van der Waals surface area contributed by atoms with Crippen molar-refractivity contribution in [1.29, 1.82) is 0 Å². The van der Waals surface area contributed by atoms with Crippen LogP contribution in [0.4, 0.5) is 0 Å². The molecule has 3 heteroatoms. The monoisotopic (exact) mass is 251 g/mol. The molecule has 0 atom stereocenters. The Morgan fingerprint density at radius 1 is 1.06 bits per heavy atom. The predicted octanol–water partition coefficient (Wildman–Crippen LogP) is 2.74. The zero-order valence-corrected chi connectivity index (χ0v) is 11.6. The first kappa shape index (κ1) is 15.2.